The van der Waals surface area contributed by atoms with Gasteiger partial charge in [-0.2, -0.15) is 10.2 Å². The van der Waals surface area contributed by atoms with Gasteiger partial charge in [-0.15, -0.1) is 0 Å². The van der Waals surface area contributed by atoms with Gasteiger partial charge in [-0.3, -0.25) is 4.98 Å². The van der Waals surface area contributed by atoms with Crippen LogP contribution in [0, 0.1) is 11.3 Å². The number of hydrogen-bond donors (Lipinski definition) is 0. The van der Waals surface area contributed by atoms with E-state index in [0.717, 1.165) is 6.42 Å². The number of halogens is 1. The molecule has 0 fully saturated rings. The molecule has 120 valence electrons. The van der Waals surface area contributed by atoms with Crippen LogP contribution in [-0.4, -0.2) is 21.7 Å². The molecule has 0 atom stereocenters. The summed E-state index contributed by atoms with van der Waals surface area (Å²) in [6.45, 7) is 2.58. The van der Waals surface area contributed by atoms with E-state index in [-0.39, 0.29) is 0 Å². The van der Waals surface area contributed by atoms with Crippen LogP contribution in [0.15, 0.2) is 41.1 Å². The number of pyridine rings is 1. The molecule has 1 aromatic carbocycles. The van der Waals surface area contributed by atoms with Gasteiger partial charge in [0.2, 0.25) is 5.82 Å². The van der Waals surface area contributed by atoms with Crippen molar-refractivity contribution >= 4 is 11.6 Å². The monoisotopic (exact) mass is 340 g/mol. The van der Waals surface area contributed by atoms with Crippen LogP contribution < -0.4 is 4.74 Å². The first kappa shape index (κ1) is 16.0. The van der Waals surface area contributed by atoms with Crippen molar-refractivity contribution in [1.29, 1.82) is 5.26 Å². The van der Waals surface area contributed by atoms with E-state index in [4.69, 9.17) is 20.9 Å². The molecule has 3 aromatic rings. The Morgan fingerprint density at radius 2 is 2.17 bits per heavy atom. The Bertz CT molecular complexity index is 884. The number of benzene rings is 1. The first-order chi connectivity index (χ1) is 11.7. The highest BCUT2D eigenvalue weighted by Crippen LogP contribution is 2.27. The predicted octanol–water partition coefficient (Wildman–Crippen LogP) is 4.11. The minimum Gasteiger partial charge on any atom is -0.494 e. The van der Waals surface area contributed by atoms with Crippen molar-refractivity contribution in [1.82, 2.24) is 15.1 Å². The lowest BCUT2D eigenvalue weighted by atomic mass is 10.1. The summed E-state index contributed by atoms with van der Waals surface area (Å²) in [6.07, 6.45) is 2.39. The standard InChI is InChI=1S/C17H13ClN4O2/c1-2-5-23-14-7-11(9-19)6-12(8-14)17-21-16(22-24-17)15-4-3-13(18)10-20-15/h3-4,6-8,10H,2,5H2,1H3. The minimum absolute atomic E-state index is 0.292. The molecule has 0 aliphatic heterocycles. The van der Waals surface area contributed by atoms with Gasteiger partial charge in [-0.25, -0.2) is 0 Å². The van der Waals surface area contributed by atoms with Crippen LogP contribution in [0.2, 0.25) is 5.02 Å². The van der Waals surface area contributed by atoms with E-state index in [0.29, 0.717) is 45.9 Å². The molecule has 0 unspecified atom stereocenters. The summed E-state index contributed by atoms with van der Waals surface area (Å²) < 4.78 is 10.9. The van der Waals surface area contributed by atoms with Crippen LogP contribution in [0.25, 0.3) is 23.0 Å². The number of nitriles is 1. The number of rotatable bonds is 5. The molecule has 0 spiro atoms. The summed E-state index contributed by atoms with van der Waals surface area (Å²) in [5.41, 5.74) is 1.63. The molecule has 0 N–H and O–H groups in total. The average Bonchev–Trinajstić information content (AvgIpc) is 3.10. The second-order valence-corrected chi connectivity index (χ2v) is 5.43. The van der Waals surface area contributed by atoms with Gasteiger partial charge in [0.25, 0.3) is 5.89 Å². The van der Waals surface area contributed by atoms with Gasteiger partial charge in [0.05, 0.1) is 23.3 Å². The van der Waals surface area contributed by atoms with Crippen LogP contribution in [-0.2, 0) is 0 Å². The van der Waals surface area contributed by atoms with Crippen molar-refractivity contribution in [3.8, 4) is 34.8 Å². The summed E-state index contributed by atoms with van der Waals surface area (Å²) in [4.78, 5) is 8.48. The zero-order valence-corrected chi connectivity index (χ0v) is 13.6. The molecule has 0 saturated heterocycles. The molecule has 7 heteroatoms. The Morgan fingerprint density at radius 1 is 1.29 bits per heavy atom. The van der Waals surface area contributed by atoms with Gasteiger partial charge in [0.15, 0.2) is 0 Å². The van der Waals surface area contributed by atoms with E-state index < -0.39 is 0 Å². The maximum absolute atomic E-state index is 9.17. The summed E-state index contributed by atoms with van der Waals surface area (Å²) in [7, 11) is 0. The Balaban J connectivity index is 1.94. The molecule has 2 aromatic heterocycles. The second-order valence-electron chi connectivity index (χ2n) is 4.99. The summed E-state index contributed by atoms with van der Waals surface area (Å²) in [5, 5.41) is 13.6. The van der Waals surface area contributed by atoms with E-state index in [9.17, 15) is 5.26 Å². The zero-order chi connectivity index (χ0) is 16.9. The van der Waals surface area contributed by atoms with Crippen LogP contribution in [0.5, 0.6) is 5.75 Å². The fourth-order valence-electron chi connectivity index (χ4n) is 2.04. The SMILES string of the molecule is CCCOc1cc(C#N)cc(-c2nc(-c3ccc(Cl)cn3)no2)c1. The molecule has 0 saturated carbocycles. The van der Waals surface area contributed by atoms with Gasteiger partial charge < -0.3 is 9.26 Å². The molecule has 0 bridgehead atoms. The minimum atomic E-state index is 0.292. The van der Waals surface area contributed by atoms with Crippen molar-refractivity contribution in [3.05, 3.63) is 47.1 Å². The summed E-state index contributed by atoms with van der Waals surface area (Å²) in [5.74, 6) is 1.23. The van der Waals surface area contributed by atoms with Crippen LogP contribution in [0.1, 0.15) is 18.9 Å². The second kappa shape index (κ2) is 7.11. The van der Waals surface area contributed by atoms with E-state index in [1.165, 1.54) is 6.20 Å². The number of aromatic nitrogens is 3. The molecule has 2 heterocycles. The Hall–Kier alpha value is -2.91. The highest BCUT2D eigenvalue weighted by molar-refractivity contribution is 6.30. The third-order valence-corrected chi connectivity index (χ3v) is 3.36. The van der Waals surface area contributed by atoms with Crippen molar-refractivity contribution in [2.45, 2.75) is 13.3 Å². The van der Waals surface area contributed by atoms with E-state index in [1.54, 1.807) is 30.3 Å². The first-order valence-corrected chi connectivity index (χ1v) is 7.71. The fraction of sp³-hybridized carbons (Fsp3) is 0.176. The van der Waals surface area contributed by atoms with Gasteiger partial charge >= 0.3 is 0 Å². The van der Waals surface area contributed by atoms with Gasteiger partial charge in [0.1, 0.15) is 11.4 Å². The van der Waals surface area contributed by atoms with Crippen LogP contribution in [0.3, 0.4) is 0 Å². The first-order valence-electron chi connectivity index (χ1n) is 7.33. The lowest BCUT2D eigenvalue weighted by Crippen LogP contribution is -1.96. The number of nitrogens with zero attached hydrogens (tertiary/aromatic N) is 4. The van der Waals surface area contributed by atoms with E-state index in [2.05, 4.69) is 21.2 Å². The molecule has 0 amide bonds. The van der Waals surface area contributed by atoms with Crippen LogP contribution >= 0.6 is 11.6 Å². The predicted molar refractivity (Wildman–Crippen MR) is 88.5 cm³/mol. The number of hydrogen-bond acceptors (Lipinski definition) is 6. The third kappa shape index (κ3) is 3.53. The van der Waals surface area contributed by atoms with Crippen LogP contribution in [0.4, 0.5) is 0 Å². The van der Waals surface area contributed by atoms with Gasteiger partial charge in [0, 0.05) is 11.8 Å². The molecule has 0 aliphatic carbocycles. The zero-order valence-electron chi connectivity index (χ0n) is 12.9. The van der Waals surface area contributed by atoms with Gasteiger partial charge in [-0.05, 0) is 36.8 Å². The van der Waals surface area contributed by atoms with Crippen molar-refractivity contribution < 1.29 is 9.26 Å². The maximum atomic E-state index is 9.17. The molecule has 0 radical (unpaired) electrons. The summed E-state index contributed by atoms with van der Waals surface area (Å²) in [6, 6.07) is 10.6. The average molecular weight is 341 g/mol. The van der Waals surface area contributed by atoms with Crippen molar-refractivity contribution in [3.63, 3.8) is 0 Å². The quantitative estimate of drug-likeness (QED) is 0.694. The van der Waals surface area contributed by atoms with Crippen molar-refractivity contribution in [2.75, 3.05) is 6.61 Å². The highest BCUT2D eigenvalue weighted by Gasteiger charge is 2.13. The molecular formula is C17H13ClN4O2. The van der Waals surface area contributed by atoms with Gasteiger partial charge in [-0.1, -0.05) is 23.7 Å². The normalized spacial score (nSPS) is 10.4. The molecule has 0 aliphatic rings. The summed E-state index contributed by atoms with van der Waals surface area (Å²) >= 11 is 5.82. The number of ether oxygens (including phenoxy) is 1. The fourth-order valence-corrected chi connectivity index (χ4v) is 2.15. The largest absolute Gasteiger partial charge is 0.494 e. The molecule has 3 rings (SSSR count). The third-order valence-electron chi connectivity index (χ3n) is 3.14. The highest BCUT2D eigenvalue weighted by atomic mass is 35.5. The lowest BCUT2D eigenvalue weighted by Gasteiger charge is -2.06. The van der Waals surface area contributed by atoms with E-state index >= 15 is 0 Å². The molecule has 6 nitrogen and oxygen atoms in total. The lowest BCUT2D eigenvalue weighted by molar-refractivity contribution is 0.317. The molecular weight excluding hydrogens is 328 g/mol. The molecule has 24 heavy (non-hydrogen) atoms. The smallest absolute Gasteiger partial charge is 0.258 e. The Kier molecular flexibility index (Phi) is 4.73. The van der Waals surface area contributed by atoms with E-state index in [1.807, 2.05) is 6.92 Å². The Morgan fingerprint density at radius 3 is 2.88 bits per heavy atom. The topological polar surface area (TPSA) is 84.8 Å². The van der Waals surface area contributed by atoms with Crippen molar-refractivity contribution in [2.24, 2.45) is 0 Å². The maximum Gasteiger partial charge on any atom is 0.258 e. The Labute approximate surface area is 143 Å².